The van der Waals surface area contributed by atoms with E-state index in [0.717, 1.165) is 16.0 Å². The van der Waals surface area contributed by atoms with Crippen molar-refractivity contribution >= 4 is 35.7 Å². The number of likely N-dealkylation sites (N-methyl/N-ethyl adjacent to an activating group) is 3. The lowest BCUT2D eigenvalue weighted by molar-refractivity contribution is -0.147. The van der Waals surface area contributed by atoms with Crippen LogP contribution in [0.2, 0.25) is 0 Å². The molecule has 286 valence electrons. The quantitative estimate of drug-likeness (QED) is 0.196. The molecule has 0 aromatic heterocycles. The van der Waals surface area contributed by atoms with Crippen molar-refractivity contribution in [1.82, 2.24) is 25.3 Å². The van der Waals surface area contributed by atoms with E-state index in [1.807, 2.05) is 88.4 Å². The first-order valence-corrected chi connectivity index (χ1v) is 17.7. The monoisotopic (exact) mass is 723 g/mol. The molecular weight excluding hydrogens is 666 g/mol. The van der Waals surface area contributed by atoms with E-state index in [4.69, 9.17) is 4.74 Å². The maximum Gasteiger partial charge on any atom is 0.410 e. The lowest BCUT2D eigenvalue weighted by Crippen LogP contribution is -2.60. The fraction of sp³-hybridized carbons (Fsp3) is 0.538. The Bertz CT molecular complexity index is 1480. The fourth-order valence-electron chi connectivity index (χ4n) is 5.72. The van der Waals surface area contributed by atoms with E-state index in [1.54, 1.807) is 13.8 Å². The predicted octanol–water partition coefficient (Wildman–Crippen LogP) is 3.95. The molecule has 0 fully saturated rings. The summed E-state index contributed by atoms with van der Waals surface area (Å²) in [5.74, 6) is -3.84. The molecule has 0 saturated carbocycles. The van der Waals surface area contributed by atoms with E-state index < -0.39 is 66.4 Å². The van der Waals surface area contributed by atoms with Gasteiger partial charge in [-0.3, -0.25) is 28.9 Å². The number of ether oxygens (including phenoxy) is 1. The van der Waals surface area contributed by atoms with Crippen molar-refractivity contribution in [2.75, 3.05) is 27.7 Å². The average Bonchev–Trinajstić information content (AvgIpc) is 3.09. The Kier molecular flexibility index (Phi) is 17.3. The van der Waals surface area contributed by atoms with Gasteiger partial charge in [-0.15, -0.1) is 0 Å². The first kappa shape index (κ1) is 43.2. The highest BCUT2D eigenvalue weighted by Crippen LogP contribution is 2.18. The van der Waals surface area contributed by atoms with Gasteiger partial charge in [-0.2, -0.15) is 0 Å². The normalized spacial score (nSPS) is 13.5. The first-order valence-electron chi connectivity index (χ1n) is 17.7. The molecule has 5 amide bonds. The number of carbonyl (C=O) groups is 6. The molecule has 0 aliphatic heterocycles. The summed E-state index contributed by atoms with van der Waals surface area (Å²) in [6.07, 6.45) is -0.0483. The van der Waals surface area contributed by atoms with Crippen LogP contribution in [-0.4, -0.2) is 107 Å². The third-order valence-electron chi connectivity index (χ3n) is 8.65. The summed E-state index contributed by atoms with van der Waals surface area (Å²) in [5, 5.41) is 14.8. The zero-order chi connectivity index (χ0) is 39.1. The molecule has 0 radical (unpaired) electrons. The van der Waals surface area contributed by atoms with Crippen LogP contribution in [0.15, 0.2) is 60.7 Å². The van der Waals surface area contributed by atoms with Crippen LogP contribution in [0.5, 0.6) is 0 Å². The van der Waals surface area contributed by atoms with Crippen LogP contribution in [0.1, 0.15) is 65.5 Å². The van der Waals surface area contributed by atoms with E-state index in [-0.39, 0.29) is 43.6 Å². The van der Waals surface area contributed by atoms with Crippen molar-refractivity contribution in [3.05, 3.63) is 71.8 Å². The molecule has 0 heterocycles. The lowest BCUT2D eigenvalue weighted by atomic mass is 9.97. The highest BCUT2D eigenvalue weighted by atomic mass is 16.6. The number of amides is 5. The zero-order valence-electron chi connectivity index (χ0n) is 32.0. The van der Waals surface area contributed by atoms with E-state index >= 15 is 0 Å². The topological polar surface area (TPSA) is 166 Å². The third kappa shape index (κ3) is 13.6. The van der Waals surface area contributed by atoms with Gasteiger partial charge in [-0.1, -0.05) is 102 Å². The molecule has 2 aromatic rings. The van der Waals surface area contributed by atoms with Gasteiger partial charge in [-0.25, -0.2) is 4.79 Å². The number of hydrogen-bond acceptors (Lipinski definition) is 7. The molecule has 2 rings (SSSR count). The van der Waals surface area contributed by atoms with Crippen LogP contribution in [0, 0.1) is 17.8 Å². The molecule has 0 bridgehead atoms. The molecular formula is C39H57N5O8. The summed E-state index contributed by atoms with van der Waals surface area (Å²) >= 11 is 0. The molecule has 0 aliphatic carbocycles. The Morgan fingerprint density at radius 3 is 1.69 bits per heavy atom. The van der Waals surface area contributed by atoms with Crippen molar-refractivity contribution in [2.45, 2.75) is 91.6 Å². The number of aliphatic carboxylic acids is 1. The van der Waals surface area contributed by atoms with Gasteiger partial charge in [0.15, 0.2) is 0 Å². The van der Waals surface area contributed by atoms with E-state index in [2.05, 4.69) is 10.6 Å². The number of carbonyl (C=O) groups excluding carboxylic acids is 5. The smallest absolute Gasteiger partial charge is 0.410 e. The summed E-state index contributed by atoms with van der Waals surface area (Å²) in [5.41, 5.74) is 1.58. The lowest BCUT2D eigenvalue weighted by Gasteiger charge is -2.35. The Labute approximate surface area is 308 Å². The number of carboxylic acid groups (broad SMARTS) is 1. The van der Waals surface area contributed by atoms with Crippen LogP contribution < -0.4 is 10.6 Å². The van der Waals surface area contributed by atoms with Crippen molar-refractivity contribution in [3.8, 4) is 0 Å². The minimum atomic E-state index is -1.19. The Hall–Kier alpha value is -4.94. The average molecular weight is 724 g/mol. The van der Waals surface area contributed by atoms with Gasteiger partial charge in [0.1, 0.15) is 37.3 Å². The van der Waals surface area contributed by atoms with E-state index in [0.29, 0.717) is 0 Å². The molecule has 4 atom stereocenters. The van der Waals surface area contributed by atoms with Gasteiger partial charge < -0.3 is 30.3 Å². The second-order valence-corrected chi connectivity index (χ2v) is 14.5. The predicted molar refractivity (Wildman–Crippen MR) is 198 cm³/mol. The second-order valence-electron chi connectivity index (χ2n) is 14.5. The van der Waals surface area contributed by atoms with Crippen molar-refractivity contribution < 1.29 is 38.6 Å². The summed E-state index contributed by atoms with van der Waals surface area (Å²) in [4.78, 5) is 83.4. The Morgan fingerprint density at radius 2 is 1.19 bits per heavy atom. The highest BCUT2D eigenvalue weighted by Gasteiger charge is 2.38. The molecule has 0 aliphatic rings. The number of benzene rings is 2. The minimum Gasteiger partial charge on any atom is -0.480 e. The molecule has 0 spiro atoms. The van der Waals surface area contributed by atoms with Gasteiger partial charge in [-0.05, 0) is 41.7 Å². The summed E-state index contributed by atoms with van der Waals surface area (Å²) in [6, 6.07) is 14.3. The molecule has 13 heteroatoms. The zero-order valence-corrected chi connectivity index (χ0v) is 32.0. The number of rotatable bonds is 19. The number of carboxylic acids is 1. The standard InChI is InChI=1S/C39H57N5O8/c1-25(2)20-30(37(49)43(8)31(21-26(3)4)36(48)41-34(27(5)6)38(50)42(7)23-33(45)46)40-35(47)32(22-28-16-12-10-13-17-28)44(9)39(51)52-24-29-18-14-11-15-19-29/h10-19,25-27,30-32,34H,20-24H2,1-9H3,(H,40,47)(H,41,48)(H,45,46)/t30-,31-,32-,34-/m0/s1. The summed E-state index contributed by atoms with van der Waals surface area (Å²) in [6.45, 7) is 10.6. The first-order chi connectivity index (χ1) is 24.4. The van der Waals surface area contributed by atoms with Gasteiger partial charge in [0.2, 0.25) is 23.6 Å². The number of nitrogens with zero attached hydrogens (tertiary/aromatic N) is 3. The number of hydrogen-bond donors (Lipinski definition) is 3. The van der Waals surface area contributed by atoms with Crippen LogP contribution in [0.4, 0.5) is 4.79 Å². The van der Waals surface area contributed by atoms with Crippen molar-refractivity contribution in [2.24, 2.45) is 17.8 Å². The fourth-order valence-corrected chi connectivity index (χ4v) is 5.72. The maximum absolute atomic E-state index is 14.3. The van der Waals surface area contributed by atoms with Crippen LogP contribution in [-0.2, 0) is 41.7 Å². The minimum absolute atomic E-state index is 0.0152. The molecule has 3 N–H and O–H groups in total. The van der Waals surface area contributed by atoms with E-state index in [1.165, 1.54) is 30.9 Å². The molecule has 0 saturated heterocycles. The molecule has 0 unspecified atom stereocenters. The largest absolute Gasteiger partial charge is 0.480 e. The summed E-state index contributed by atoms with van der Waals surface area (Å²) < 4.78 is 5.54. The third-order valence-corrected chi connectivity index (χ3v) is 8.65. The Balaban J connectivity index is 2.37. The van der Waals surface area contributed by atoms with Gasteiger partial charge in [0.05, 0.1) is 0 Å². The van der Waals surface area contributed by atoms with Gasteiger partial charge >= 0.3 is 12.1 Å². The van der Waals surface area contributed by atoms with Crippen molar-refractivity contribution in [3.63, 3.8) is 0 Å². The van der Waals surface area contributed by atoms with Crippen LogP contribution in [0.3, 0.4) is 0 Å². The number of nitrogens with one attached hydrogen (secondary N) is 2. The van der Waals surface area contributed by atoms with Gasteiger partial charge in [0, 0.05) is 27.6 Å². The highest BCUT2D eigenvalue weighted by molar-refractivity contribution is 5.95. The SMILES string of the molecule is CC(C)C[C@H](NC(=O)[C@H](Cc1ccccc1)N(C)C(=O)OCc1ccccc1)C(=O)N(C)[C@@H](CC(C)C)C(=O)N[C@H](C(=O)N(C)CC(=O)O)C(C)C. The van der Waals surface area contributed by atoms with Crippen molar-refractivity contribution in [1.29, 1.82) is 0 Å². The van der Waals surface area contributed by atoms with Gasteiger partial charge in [0.25, 0.3) is 0 Å². The Morgan fingerprint density at radius 1 is 0.673 bits per heavy atom. The molecule has 2 aromatic carbocycles. The maximum atomic E-state index is 14.3. The van der Waals surface area contributed by atoms with Crippen LogP contribution in [0.25, 0.3) is 0 Å². The summed E-state index contributed by atoms with van der Waals surface area (Å²) in [7, 11) is 4.32. The molecule has 13 nitrogen and oxygen atoms in total. The van der Waals surface area contributed by atoms with Crippen LogP contribution >= 0.6 is 0 Å². The second kappa shape index (κ2) is 20.8. The van der Waals surface area contributed by atoms with E-state index in [9.17, 15) is 33.9 Å². The molecule has 52 heavy (non-hydrogen) atoms.